The first-order chi connectivity index (χ1) is 11.4. The second-order valence-electron chi connectivity index (χ2n) is 5.28. The van der Waals surface area contributed by atoms with Gasteiger partial charge in [0.2, 0.25) is 0 Å². The Hall–Kier alpha value is -2.94. The summed E-state index contributed by atoms with van der Waals surface area (Å²) in [5.41, 5.74) is 6.19. The molecular weight excluding hydrogens is 382 g/mol. The van der Waals surface area contributed by atoms with Gasteiger partial charge in [-0.25, -0.2) is 4.79 Å². The number of carbonyl (C=O) groups is 3. The maximum absolute atomic E-state index is 12.5. The number of nitrogen functional groups attached to an aromatic ring is 1. The molecule has 0 saturated carbocycles. The number of nitrogens with one attached hydrogen (secondary N) is 1. The molecule has 0 fully saturated rings. The molecule has 0 bridgehead atoms. The number of carbonyl (C=O) groups excluding carboxylic acids is 3. The molecule has 3 N–H and O–H groups in total. The van der Waals surface area contributed by atoms with Gasteiger partial charge in [-0.2, -0.15) is 0 Å². The number of pyridine rings is 1. The first-order valence-corrected chi connectivity index (χ1v) is 7.59. The highest BCUT2D eigenvalue weighted by Crippen LogP contribution is 2.34. The molecule has 2 aliphatic rings. The van der Waals surface area contributed by atoms with Crippen LogP contribution in [0.4, 0.5) is 5.82 Å². The molecule has 9 heteroatoms. The molecule has 2 aliphatic heterocycles. The van der Waals surface area contributed by atoms with Crippen LogP contribution in [0, 0.1) is 0 Å². The first kappa shape index (κ1) is 14.6. The fourth-order valence-electron chi connectivity index (χ4n) is 2.90. The van der Waals surface area contributed by atoms with Crippen molar-refractivity contribution in [3.05, 3.63) is 55.3 Å². The number of imide groups is 1. The van der Waals surface area contributed by atoms with Gasteiger partial charge in [-0.1, -0.05) is 6.07 Å². The quantitative estimate of drug-likeness (QED) is 0.547. The number of ether oxygens (including phenoxy) is 1. The molecule has 4 rings (SSSR count). The number of anilines is 1. The van der Waals surface area contributed by atoms with E-state index in [1.54, 1.807) is 12.1 Å². The Bertz CT molecular complexity index is 1040. The largest absolute Gasteiger partial charge is 0.457 e. The normalized spacial score (nSPS) is 15.1. The van der Waals surface area contributed by atoms with E-state index in [1.165, 1.54) is 0 Å². The number of aromatic nitrogens is 1. The Labute approximate surface area is 142 Å². The van der Waals surface area contributed by atoms with Gasteiger partial charge in [0.15, 0.2) is 0 Å². The maximum Gasteiger partial charge on any atom is 0.341 e. The highest BCUT2D eigenvalue weighted by atomic mass is 79.9. The fourth-order valence-corrected chi connectivity index (χ4v) is 3.41. The summed E-state index contributed by atoms with van der Waals surface area (Å²) in [5, 5.41) is 2.09. The van der Waals surface area contributed by atoms with Crippen LogP contribution in [-0.2, 0) is 11.3 Å². The lowest BCUT2D eigenvalue weighted by atomic mass is 10.1. The topological polar surface area (TPSA) is 120 Å². The highest BCUT2D eigenvalue weighted by molar-refractivity contribution is 9.10. The second kappa shape index (κ2) is 4.78. The van der Waals surface area contributed by atoms with Gasteiger partial charge in [0.1, 0.15) is 12.4 Å². The molecule has 0 atom stereocenters. The summed E-state index contributed by atoms with van der Waals surface area (Å²) >= 11 is 3.30. The molecule has 0 saturated heterocycles. The Morgan fingerprint density at radius 3 is 2.62 bits per heavy atom. The van der Waals surface area contributed by atoms with Gasteiger partial charge in [-0.15, -0.1) is 0 Å². The average molecular weight is 390 g/mol. The average Bonchev–Trinajstić information content (AvgIpc) is 3.02. The number of hydrogen-bond acceptors (Lipinski definition) is 6. The molecule has 0 radical (unpaired) electrons. The lowest BCUT2D eigenvalue weighted by molar-refractivity contribution is 0.0534. The van der Waals surface area contributed by atoms with Gasteiger partial charge < -0.3 is 10.5 Å². The van der Waals surface area contributed by atoms with Crippen LogP contribution in [0.25, 0.3) is 5.69 Å². The van der Waals surface area contributed by atoms with Crippen LogP contribution in [0.2, 0.25) is 0 Å². The third-order valence-electron chi connectivity index (χ3n) is 3.95. The van der Waals surface area contributed by atoms with E-state index in [0.717, 1.165) is 10.6 Å². The summed E-state index contributed by atoms with van der Waals surface area (Å²) < 4.78 is 6.47. The zero-order chi connectivity index (χ0) is 17.2. The molecule has 0 spiro atoms. The van der Waals surface area contributed by atoms with Gasteiger partial charge in [0.05, 0.1) is 22.4 Å². The van der Waals surface area contributed by atoms with Crippen molar-refractivity contribution in [1.29, 1.82) is 0 Å². The van der Waals surface area contributed by atoms with E-state index in [-0.39, 0.29) is 34.8 Å². The smallest absolute Gasteiger partial charge is 0.341 e. The molecule has 24 heavy (non-hydrogen) atoms. The predicted octanol–water partition coefficient (Wildman–Crippen LogP) is 0.736. The highest BCUT2D eigenvalue weighted by Gasteiger charge is 2.34. The van der Waals surface area contributed by atoms with E-state index in [0.29, 0.717) is 10.0 Å². The van der Waals surface area contributed by atoms with Crippen molar-refractivity contribution < 1.29 is 19.1 Å². The monoisotopic (exact) mass is 389 g/mol. The van der Waals surface area contributed by atoms with Gasteiger partial charge in [0.25, 0.3) is 17.4 Å². The fraction of sp³-hybridized carbons (Fsp3) is 0.0667. The van der Waals surface area contributed by atoms with Crippen LogP contribution in [0.15, 0.2) is 27.5 Å². The van der Waals surface area contributed by atoms with Gasteiger partial charge >= 0.3 is 5.97 Å². The zero-order valence-corrected chi connectivity index (χ0v) is 13.5. The van der Waals surface area contributed by atoms with E-state index in [2.05, 4.69) is 21.2 Å². The van der Waals surface area contributed by atoms with Crippen LogP contribution in [-0.4, -0.2) is 22.4 Å². The standard InChI is InChI=1S/C15H8BrN3O5/c16-7-2-1-5-4-24-15(23)9(5)11(7)19-8(20)3-6-10(12(19)17)14(22)18-13(6)21/h1-3H,4,17H2,(H,18,21,22). The molecule has 1 aromatic heterocycles. The summed E-state index contributed by atoms with van der Waals surface area (Å²) in [6, 6.07) is 4.37. The van der Waals surface area contributed by atoms with Crippen molar-refractivity contribution in [2.75, 3.05) is 5.73 Å². The summed E-state index contributed by atoms with van der Waals surface area (Å²) in [6.45, 7) is 0.0903. The number of benzene rings is 1. The molecular formula is C15H8BrN3O5. The minimum atomic E-state index is -0.687. The molecule has 2 amide bonds. The van der Waals surface area contributed by atoms with Crippen molar-refractivity contribution in [3.8, 4) is 5.69 Å². The number of rotatable bonds is 1. The molecule has 1 aromatic carbocycles. The summed E-state index contributed by atoms with van der Waals surface area (Å²) in [4.78, 5) is 48.2. The Morgan fingerprint density at radius 2 is 1.88 bits per heavy atom. The third kappa shape index (κ3) is 1.78. The Kier molecular flexibility index (Phi) is 2.91. The number of halogens is 1. The van der Waals surface area contributed by atoms with Crippen LogP contribution in [0.5, 0.6) is 0 Å². The SMILES string of the molecule is Nc1c2c(cc(=O)n1-c1c(Br)ccc3c1C(=O)OC3)C(=O)NC2=O. The predicted molar refractivity (Wildman–Crippen MR) is 85.1 cm³/mol. The number of nitrogens with zero attached hydrogens (tertiary/aromatic N) is 1. The van der Waals surface area contributed by atoms with E-state index in [4.69, 9.17) is 10.5 Å². The van der Waals surface area contributed by atoms with Crippen LogP contribution in [0.1, 0.15) is 36.6 Å². The summed E-state index contributed by atoms with van der Waals surface area (Å²) in [7, 11) is 0. The van der Waals surface area contributed by atoms with Crippen molar-refractivity contribution >= 4 is 39.5 Å². The molecule has 3 heterocycles. The van der Waals surface area contributed by atoms with E-state index >= 15 is 0 Å². The van der Waals surface area contributed by atoms with Crippen molar-refractivity contribution in [2.24, 2.45) is 0 Å². The molecule has 0 unspecified atom stereocenters. The molecule has 2 aromatic rings. The van der Waals surface area contributed by atoms with Crippen molar-refractivity contribution in [1.82, 2.24) is 9.88 Å². The molecule has 120 valence electrons. The van der Waals surface area contributed by atoms with Crippen molar-refractivity contribution in [3.63, 3.8) is 0 Å². The van der Waals surface area contributed by atoms with E-state index in [9.17, 15) is 19.2 Å². The van der Waals surface area contributed by atoms with Gasteiger partial charge in [-0.05, 0) is 22.0 Å². The molecule has 8 nitrogen and oxygen atoms in total. The number of cyclic esters (lactones) is 1. The number of hydrogen-bond donors (Lipinski definition) is 2. The third-order valence-corrected chi connectivity index (χ3v) is 4.59. The summed E-state index contributed by atoms with van der Waals surface area (Å²) in [5.74, 6) is -2.17. The first-order valence-electron chi connectivity index (χ1n) is 6.80. The number of amides is 2. The van der Waals surface area contributed by atoms with Gasteiger partial charge in [0, 0.05) is 16.1 Å². The van der Waals surface area contributed by atoms with Crippen molar-refractivity contribution in [2.45, 2.75) is 6.61 Å². The van der Waals surface area contributed by atoms with Gasteiger partial charge in [-0.3, -0.25) is 24.3 Å². The van der Waals surface area contributed by atoms with Crippen LogP contribution >= 0.6 is 15.9 Å². The lowest BCUT2D eigenvalue weighted by Gasteiger charge is -2.15. The van der Waals surface area contributed by atoms with Crippen LogP contribution in [0.3, 0.4) is 0 Å². The maximum atomic E-state index is 12.5. The minimum absolute atomic E-state index is 0.0787. The zero-order valence-electron chi connectivity index (χ0n) is 11.9. The lowest BCUT2D eigenvalue weighted by Crippen LogP contribution is -2.25. The minimum Gasteiger partial charge on any atom is -0.457 e. The Balaban J connectivity index is 2.12. The van der Waals surface area contributed by atoms with Crippen LogP contribution < -0.4 is 16.6 Å². The summed E-state index contributed by atoms with van der Waals surface area (Å²) in [6.07, 6.45) is 0. The molecule has 0 aliphatic carbocycles. The number of esters is 1. The number of nitrogens with two attached hydrogens (primary N) is 1. The number of fused-ring (bicyclic) bond motifs is 2. The Morgan fingerprint density at radius 1 is 1.12 bits per heavy atom. The van der Waals surface area contributed by atoms with E-state index < -0.39 is 23.3 Å². The second-order valence-corrected chi connectivity index (χ2v) is 6.14. The van der Waals surface area contributed by atoms with E-state index in [1.807, 2.05) is 0 Å².